The number of hydrogen-bond donors (Lipinski definition) is 1. The molecule has 0 aromatic rings. The van der Waals surface area contributed by atoms with Crippen LogP contribution in [-0.4, -0.2) is 73.1 Å². The van der Waals surface area contributed by atoms with E-state index in [0.29, 0.717) is 26.2 Å². The molecule has 7 heteroatoms. The van der Waals surface area contributed by atoms with Crippen molar-refractivity contribution in [1.82, 2.24) is 15.1 Å². The van der Waals surface area contributed by atoms with E-state index >= 15 is 0 Å². The molecule has 0 spiro atoms. The van der Waals surface area contributed by atoms with E-state index in [-0.39, 0.29) is 42.8 Å². The first kappa shape index (κ1) is 19.2. The molecule has 2 fully saturated rings. The minimum absolute atomic E-state index is 0. The molecule has 2 amide bonds. The molecule has 0 saturated carbocycles. The standard InChI is InChI=1S/C15H27N3O3.ClH/c1-3-17(4-2)14(19)10-13-15(20)18(8-7-16-13)11-12-6-5-9-21-12;/h12-13,16H,3-11H2,1-2H3;1H. The van der Waals surface area contributed by atoms with E-state index in [1.54, 1.807) is 4.90 Å². The fourth-order valence-corrected chi connectivity index (χ4v) is 3.05. The molecule has 0 aliphatic carbocycles. The second kappa shape index (κ2) is 9.33. The van der Waals surface area contributed by atoms with Crippen molar-refractivity contribution in [2.75, 3.05) is 39.3 Å². The number of carbonyl (C=O) groups excluding carboxylic acids is 2. The van der Waals surface area contributed by atoms with Crippen molar-refractivity contribution >= 4 is 24.2 Å². The van der Waals surface area contributed by atoms with Crippen LogP contribution in [0.15, 0.2) is 0 Å². The van der Waals surface area contributed by atoms with Gasteiger partial charge < -0.3 is 19.9 Å². The largest absolute Gasteiger partial charge is 0.376 e. The molecule has 2 aliphatic heterocycles. The number of hydrogen-bond acceptors (Lipinski definition) is 4. The number of piperazine rings is 1. The summed E-state index contributed by atoms with van der Waals surface area (Å²) in [5.74, 6) is 0.0853. The van der Waals surface area contributed by atoms with Gasteiger partial charge >= 0.3 is 0 Å². The Morgan fingerprint density at radius 3 is 2.73 bits per heavy atom. The van der Waals surface area contributed by atoms with E-state index in [1.165, 1.54) is 0 Å². The monoisotopic (exact) mass is 333 g/mol. The average molecular weight is 334 g/mol. The molecule has 6 nitrogen and oxygen atoms in total. The first-order valence-electron chi connectivity index (χ1n) is 8.07. The van der Waals surface area contributed by atoms with Gasteiger partial charge in [0.15, 0.2) is 0 Å². The normalized spacial score (nSPS) is 25.0. The smallest absolute Gasteiger partial charge is 0.240 e. The zero-order valence-electron chi connectivity index (χ0n) is 13.5. The number of rotatable bonds is 6. The Morgan fingerprint density at radius 1 is 1.41 bits per heavy atom. The topological polar surface area (TPSA) is 61.9 Å². The molecule has 0 radical (unpaired) electrons. The number of nitrogens with zero attached hydrogens (tertiary/aromatic N) is 2. The molecule has 2 unspecified atom stereocenters. The van der Waals surface area contributed by atoms with Gasteiger partial charge in [-0.05, 0) is 26.7 Å². The van der Waals surface area contributed by atoms with E-state index in [0.717, 1.165) is 26.0 Å². The molecule has 2 saturated heterocycles. The minimum Gasteiger partial charge on any atom is -0.376 e. The summed E-state index contributed by atoms with van der Waals surface area (Å²) in [5.41, 5.74) is 0. The Kier molecular flexibility index (Phi) is 8.14. The minimum atomic E-state index is -0.381. The molecule has 0 aromatic heterocycles. The van der Waals surface area contributed by atoms with Gasteiger partial charge in [-0.3, -0.25) is 9.59 Å². The van der Waals surface area contributed by atoms with Crippen LogP contribution in [0.4, 0.5) is 0 Å². The summed E-state index contributed by atoms with van der Waals surface area (Å²) in [6.07, 6.45) is 2.53. The number of nitrogens with one attached hydrogen (secondary N) is 1. The summed E-state index contributed by atoms with van der Waals surface area (Å²) in [5, 5.41) is 3.18. The zero-order valence-corrected chi connectivity index (χ0v) is 14.4. The van der Waals surface area contributed by atoms with Crippen molar-refractivity contribution in [2.45, 2.75) is 45.3 Å². The van der Waals surface area contributed by atoms with Gasteiger partial charge in [0, 0.05) is 39.3 Å². The molecule has 0 aromatic carbocycles. The van der Waals surface area contributed by atoms with Crippen molar-refractivity contribution < 1.29 is 14.3 Å². The first-order chi connectivity index (χ1) is 10.2. The molecule has 2 atom stereocenters. The van der Waals surface area contributed by atoms with Crippen LogP contribution in [0, 0.1) is 0 Å². The summed E-state index contributed by atoms with van der Waals surface area (Å²) in [7, 11) is 0. The van der Waals surface area contributed by atoms with Crippen molar-refractivity contribution in [3.63, 3.8) is 0 Å². The van der Waals surface area contributed by atoms with Crippen molar-refractivity contribution in [3.8, 4) is 0 Å². The number of carbonyl (C=O) groups is 2. The third-order valence-corrected chi connectivity index (χ3v) is 4.33. The highest BCUT2D eigenvalue weighted by Gasteiger charge is 2.32. The Bertz CT molecular complexity index is 371. The molecule has 2 rings (SSSR count). The molecule has 1 N–H and O–H groups in total. The number of ether oxygens (including phenoxy) is 1. The van der Waals surface area contributed by atoms with Gasteiger partial charge in [-0.2, -0.15) is 0 Å². The fraction of sp³-hybridized carbons (Fsp3) is 0.867. The Morgan fingerprint density at radius 2 is 2.14 bits per heavy atom. The van der Waals surface area contributed by atoms with Crippen LogP contribution < -0.4 is 5.32 Å². The van der Waals surface area contributed by atoms with Gasteiger partial charge in [-0.25, -0.2) is 0 Å². The van der Waals surface area contributed by atoms with E-state index < -0.39 is 0 Å². The first-order valence-corrected chi connectivity index (χ1v) is 8.07. The quantitative estimate of drug-likeness (QED) is 0.775. The summed E-state index contributed by atoms with van der Waals surface area (Å²) >= 11 is 0. The van der Waals surface area contributed by atoms with Gasteiger partial charge in [0.2, 0.25) is 11.8 Å². The van der Waals surface area contributed by atoms with Crippen molar-refractivity contribution in [2.24, 2.45) is 0 Å². The van der Waals surface area contributed by atoms with E-state index in [1.807, 2.05) is 18.7 Å². The average Bonchev–Trinajstić information content (AvgIpc) is 2.97. The van der Waals surface area contributed by atoms with Crippen LogP contribution in [0.25, 0.3) is 0 Å². The second-order valence-corrected chi connectivity index (χ2v) is 5.70. The highest BCUT2D eigenvalue weighted by Crippen LogP contribution is 2.15. The lowest BCUT2D eigenvalue weighted by Crippen LogP contribution is -2.57. The van der Waals surface area contributed by atoms with Crippen LogP contribution in [0.2, 0.25) is 0 Å². The van der Waals surface area contributed by atoms with E-state index in [2.05, 4.69) is 5.32 Å². The molecular formula is C15H28ClN3O3. The molecule has 22 heavy (non-hydrogen) atoms. The summed E-state index contributed by atoms with van der Waals surface area (Å²) in [4.78, 5) is 28.3. The van der Waals surface area contributed by atoms with Gasteiger partial charge in [0.25, 0.3) is 0 Å². The Hall–Kier alpha value is -0.850. The third-order valence-electron chi connectivity index (χ3n) is 4.33. The number of amides is 2. The summed E-state index contributed by atoms with van der Waals surface area (Å²) in [6, 6.07) is -0.381. The second-order valence-electron chi connectivity index (χ2n) is 5.70. The van der Waals surface area contributed by atoms with Crippen LogP contribution in [0.1, 0.15) is 33.1 Å². The van der Waals surface area contributed by atoms with Gasteiger partial charge in [0.1, 0.15) is 0 Å². The van der Waals surface area contributed by atoms with E-state index in [9.17, 15) is 9.59 Å². The summed E-state index contributed by atoms with van der Waals surface area (Å²) in [6.45, 7) is 8.21. The molecular weight excluding hydrogens is 306 g/mol. The molecule has 128 valence electrons. The SMILES string of the molecule is CCN(CC)C(=O)CC1NCCN(CC2CCCO2)C1=O.Cl. The molecule has 2 heterocycles. The molecule has 2 aliphatic rings. The van der Waals surface area contributed by atoms with Gasteiger partial charge in [-0.1, -0.05) is 0 Å². The predicted molar refractivity (Wildman–Crippen MR) is 87.1 cm³/mol. The lowest BCUT2D eigenvalue weighted by Gasteiger charge is -2.35. The summed E-state index contributed by atoms with van der Waals surface area (Å²) < 4.78 is 5.60. The van der Waals surface area contributed by atoms with Gasteiger partial charge in [0.05, 0.1) is 18.6 Å². The highest BCUT2D eigenvalue weighted by atomic mass is 35.5. The van der Waals surface area contributed by atoms with Crippen LogP contribution in [0.5, 0.6) is 0 Å². The predicted octanol–water partition coefficient (Wildman–Crippen LogP) is 0.646. The van der Waals surface area contributed by atoms with Crippen LogP contribution in [0.3, 0.4) is 0 Å². The number of halogens is 1. The van der Waals surface area contributed by atoms with Crippen molar-refractivity contribution in [1.29, 1.82) is 0 Å². The Balaban J connectivity index is 0.00000242. The van der Waals surface area contributed by atoms with Gasteiger partial charge in [-0.15, -0.1) is 12.4 Å². The van der Waals surface area contributed by atoms with Crippen LogP contribution in [-0.2, 0) is 14.3 Å². The van der Waals surface area contributed by atoms with E-state index in [4.69, 9.17) is 4.74 Å². The fourth-order valence-electron chi connectivity index (χ4n) is 3.05. The van der Waals surface area contributed by atoms with Crippen molar-refractivity contribution in [3.05, 3.63) is 0 Å². The Labute approximate surface area is 138 Å². The third kappa shape index (κ3) is 4.83. The van der Waals surface area contributed by atoms with Crippen LogP contribution >= 0.6 is 12.4 Å². The highest BCUT2D eigenvalue weighted by molar-refractivity contribution is 5.89. The maximum Gasteiger partial charge on any atom is 0.240 e. The molecule has 0 bridgehead atoms. The lowest BCUT2D eigenvalue weighted by molar-refractivity contribution is -0.142. The maximum atomic E-state index is 12.5. The maximum absolute atomic E-state index is 12.5. The lowest BCUT2D eigenvalue weighted by atomic mass is 10.1. The zero-order chi connectivity index (χ0) is 15.2.